The summed E-state index contributed by atoms with van der Waals surface area (Å²) in [5.41, 5.74) is 4.87. The van der Waals surface area contributed by atoms with Crippen molar-refractivity contribution in [2.75, 3.05) is 0 Å². The number of nitrogens with zero attached hydrogens (tertiary/aromatic N) is 1. The zero-order chi connectivity index (χ0) is 16.7. The SMILES string of the molecule is CC/C(=N\NC(=O)c1ccc(Cl)cc1)C12CC3CC(CC(C3)C1)C2. The smallest absolute Gasteiger partial charge is 0.267 e. The highest BCUT2D eigenvalue weighted by Gasteiger charge is 2.52. The van der Waals surface area contributed by atoms with Crippen molar-refractivity contribution in [1.29, 1.82) is 0 Å². The second-order valence-corrected chi connectivity index (χ2v) is 8.49. The maximum atomic E-state index is 12.3. The van der Waals surface area contributed by atoms with E-state index in [4.69, 9.17) is 11.6 Å². The van der Waals surface area contributed by atoms with Crippen molar-refractivity contribution < 1.29 is 4.79 Å². The Balaban J connectivity index is 1.52. The van der Waals surface area contributed by atoms with Crippen LogP contribution in [0.5, 0.6) is 0 Å². The molecule has 1 aromatic carbocycles. The third-order valence-electron chi connectivity index (χ3n) is 6.38. The number of carbonyl (C=O) groups excluding carboxylic acids is 1. The molecular formula is C20H25ClN2O. The minimum absolute atomic E-state index is 0.151. The van der Waals surface area contributed by atoms with Crippen molar-refractivity contribution in [1.82, 2.24) is 5.43 Å². The van der Waals surface area contributed by atoms with Gasteiger partial charge in [0.1, 0.15) is 0 Å². The van der Waals surface area contributed by atoms with Crippen molar-refractivity contribution in [3.63, 3.8) is 0 Å². The summed E-state index contributed by atoms with van der Waals surface area (Å²) in [5.74, 6) is 2.52. The number of hydrogen-bond acceptors (Lipinski definition) is 2. The van der Waals surface area contributed by atoms with Gasteiger partial charge in [-0.25, -0.2) is 5.43 Å². The van der Waals surface area contributed by atoms with Crippen molar-refractivity contribution in [3.8, 4) is 0 Å². The number of amides is 1. The van der Waals surface area contributed by atoms with Crippen LogP contribution in [0.1, 0.15) is 62.2 Å². The average Bonchev–Trinajstić information content (AvgIpc) is 2.54. The van der Waals surface area contributed by atoms with Gasteiger partial charge in [-0.15, -0.1) is 0 Å². The van der Waals surface area contributed by atoms with Crippen molar-refractivity contribution in [3.05, 3.63) is 34.9 Å². The molecule has 4 aliphatic rings. The van der Waals surface area contributed by atoms with Gasteiger partial charge in [0.2, 0.25) is 0 Å². The van der Waals surface area contributed by atoms with Crippen LogP contribution in [-0.2, 0) is 0 Å². The first-order valence-corrected chi connectivity index (χ1v) is 9.59. The van der Waals surface area contributed by atoms with Crippen LogP contribution < -0.4 is 5.43 Å². The molecular weight excluding hydrogens is 320 g/mol. The second kappa shape index (κ2) is 6.18. The number of rotatable bonds is 4. The zero-order valence-corrected chi connectivity index (χ0v) is 15.0. The molecule has 5 rings (SSSR count). The van der Waals surface area contributed by atoms with Crippen LogP contribution in [0.3, 0.4) is 0 Å². The van der Waals surface area contributed by atoms with Crippen LogP contribution in [-0.4, -0.2) is 11.6 Å². The highest BCUT2D eigenvalue weighted by molar-refractivity contribution is 6.30. The summed E-state index contributed by atoms with van der Waals surface area (Å²) in [4.78, 5) is 12.3. The van der Waals surface area contributed by atoms with Gasteiger partial charge < -0.3 is 0 Å². The number of halogens is 1. The number of benzene rings is 1. The van der Waals surface area contributed by atoms with E-state index in [1.54, 1.807) is 24.3 Å². The van der Waals surface area contributed by atoms with Crippen LogP contribution in [0.4, 0.5) is 0 Å². The summed E-state index contributed by atoms with van der Waals surface area (Å²) < 4.78 is 0. The van der Waals surface area contributed by atoms with Gasteiger partial charge in [-0.3, -0.25) is 4.79 Å². The Labute approximate surface area is 148 Å². The predicted molar refractivity (Wildman–Crippen MR) is 97.2 cm³/mol. The molecule has 4 aliphatic carbocycles. The summed E-state index contributed by atoms with van der Waals surface area (Å²) in [6.45, 7) is 2.17. The number of nitrogens with one attached hydrogen (secondary N) is 1. The topological polar surface area (TPSA) is 41.5 Å². The van der Waals surface area contributed by atoms with Crippen LogP contribution >= 0.6 is 11.6 Å². The molecule has 128 valence electrons. The van der Waals surface area contributed by atoms with E-state index in [1.165, 1.54) is 44.2 Å². The first-order valence-electron chi connectivity index (χ1n) is 9.21. The maximum absolute atomic E-state index is 12.3. The molecule has 0 spiro atoms. The van der Waals surface area contributed by atoms with Gasteiger partial charge in [0, 0.05) is 21.7 Å². The van der Waals surface area contributed by atoms with Gasteiger partial charge in [-0.1, -0.05) is 18.5 Å². The Hall–Kier alpha value is -1.35. The zero-order valence-electron chi connectivity index (χ0n) is 14.2. The summed E-state index contributed by atoms with van der Waals surface area (Å²) in [6.07, 6.45) is 9.04. The first-order chi connectivity index (χ1) is 11.6. The van der Waals surface area contributed by atoms with Crippen molar-refractivity contribution in [2.45, 2.75) is 51.9 Å². The quantitative estimate of drug-likeness (QED) is 0.602. The highest BCUT2D eigenvalue weighted by Crippen LogP contribution is 2.60. The lowest BCUT2D eigenvalue weighted by molar-refractivity contribution is -0.0134. The summed E-state index contributed by atoms with van der Waals surface area (Å²) in [7, 11) is 0. The largest absolute Gasteiger partial charge is 0.271 e. The molecule has 0 aliphatic heterocycles. The molecule has 0 heterocycles. The fraction of sp³-hybridized carbons (Fsp3) is 0.600. The summed E-state index contributed by atoms with van der Waals surface area (Å²) >= 11 is 5.88. The lowest BCUT2D eigenvalue weighted by atomic mass is 9.48. The van der Waals surface area contributed by atoms with Crippen LogP contribution in [0, 0.1) is 23.2 Å². The normalized spacial score (nSPS) is 34.4. The maximum Gasteiger partial charge on any atom is 0.271 e. The third-order valence-corrected chi connectivity index (χ3v) is 6.64. The lowest BCUT2D eigenvalue weighted by Crippen LogP contribution is -2.50. The Kier molecular flexibility index (Phi) is 4.16. The van der Waals surface area contributed by atoms with Gasteiger partial charge in [-0.05, 0) is 87.0 Å². The molecule has 0 radical (unpaired) electrons. The Morgan fingerprint density at radius 2 is 1.67 bits per heavy atom. The molecule has 4 fully saturated rings. The number of hydrogen-bond donors (Lipinski definition) is 1. The van der Waals surface area contributed by atoms with Gasteiger partial charge in [0.15, 0.2) is 0 Å². The van der Waals surface area contributed by atoms with Gasteiger partial charge in [0.25, 0.3) is 5.91 Å². The average molecular weight is 345 g/mol. The Bertz CT molecular complexity index is 629. The van der Waals surface area contributed by atoms with Crippen molar-refractivity contribution >= 4 is 23.2 Å². The van der Waals surface area contributed by atoms with Gasteiger partial charge in [0.05, 0.1) is 0 Å². The molecule has 0 atom stereocenters. The molecule has 0 unspecified atom stereocenters. The van der Waals surface area contributed by atoms with E-state index in [1.807, 2.05) is 0 Å². The van der Waals surface area contributed by atoms with Crippen molar-refractivity contribution in [2.24, 2.45) is 28.3 Å². The number of carbonyl (C=O) groups is 1. The van der Waals surface area contributed by atoms with Gasteiger partial charge in [-0.2, -0.15) is 5.10 Å². The van der Waals surface area contributed by atoms with Crippen LogP contribution in [0.25, 0.3) is 0 Å². The molecule has 24 heavy (non-hydrogen) atoms. The first kappa shape index (κ1) is 16.1. The molecule has 1 amide bonds. The predicted octanol–water partition coefficient (Wildman–Crippen LogP) is 5.05. The molecule has 4 bridgehead atoms. The second-order valence-electron chi connectivity index (χ2n) is 8.06. The van der Waals surface area contributed by atoms with E-state index in [9.17, 15) is 4.79 Å². The number of hydrazone groups is 1. The van der Waals surface area contributed by atoms with E-state index >= 15 is 0 Å². The lowest BCUT2D eigenvalue weighted by Gasteiger charge is -2.57. The standard InChI is InChI=1S/C20H25ClN2O/c1-2-18(22-23-19(24)16-3-5-17(21)6-4-16)20-10-13-7-14(11-20)9-15(8-13)12-20/h3-6,13-15H,2,7-12H2,1H3,(H,23,24)/b22-18+. The van der Waals surface area contributed by atoms with E-state index in [2.05, 4.69) is 17.5 Å². The molecule has 0 aromatic heterocycles. The minimum atomic E-state index is -0.151. The molecule has 1 N–H and O–H groups in total. The van der Waals surface area contributed by atoms with E-state index in [0.717, 1.165) is 24.2 Å². The van der Waals surface area contributed by atoms with Crippen LogP contribution in [0.2, 0.25) is 5.02 Å². The van der Waals surface area contributed by atoms with Gasteiger partial charge >= 0.3 is 0 Å². The third kappa shape index (κ3) is 2.88. The minimum Gasteiger partial charge on any atom is -0.267 e. The van der Waals surface area contributed by atoms with E-state index < -0.39 is 0 Å². The molecule has 4 heteroatoms. The molecule has 1 aromatic rings. The fourth-order valence-electron chi connectivity index (χ4n) is 5.82. The fourth-order valence-corrected chi connectivity index (χ4v) is 5.95. The summed E-state index contributed by atoms with van der Waals surface area (Å²) in [5, 5.41) is 5.25. The van der Waals surface area contributed by atoms with Crippen LogP contribution in [0.15, 0.2) is 29.4 Å². The molecule has 3 nitrogen and oxygen atoms in total. The Morgan fingerprint density at radius 1 is 1.12 bits per heavy atom. The van der Waals surface area contributed by atoms with E-state index in [-0.39, 0.29) is 11.3 Å². The highest BCUT2D eigenvalue weighted by atomic mass is 35.5. The molecule has 0 saturated heterocycles. The molecule has 4 saturated carbocycles. The Morgan fingerprint density at radius 3 is 2.17 bits per heavy atom. The monoisotopic (exact) mass is 344 g/mol. The van der Waals surface area contributed by atoms with E-state index in [0.29, 0.717) is 10.6 Å². The summed E-state index contributed by atoms with van der Waals surface area (Å²) in [6, 6.07) is 6.95.